The third-order valence-electron chi connectivity index (χ3n) is 4.14. The van der Waals surface area contributed by atoms with Crippen molar-refractivity contribution in [3.05, 3.63) is 76.6 Å². The zero-order valence-electron chi connectivity index (χ0n) is 15.9. The van der Waals surface area contributed by atoms with Gasteiger partial charge in [0.15, 0.2) is 11.7 Å². The van der Waals surface area contributed by atoms with E-state index < -0.39 is 0 Å². The standard InChI is InChI=1S/C21H22N4O3S/c1-14(11-15-5-3-2-4-6-15)22-21(29)25-24-20(27)13-28-17-8-9-18-16(12-17)7-10-19(26)23-18/h2-10,12,14H,11,13H2,1H3,(H,23,26)(H,24,27)(H2,22,25,29). The second kappa shape index (κ2) is 9.70. The van der Waals surface area contributed by atoms with Crippen molar-refractivity contribution in [2.24, 2.45) is 0 Å². The molecule has 0 spiro atoms. The Labute approximate surface area is 173 Å². The average Bonchev–Trinajstić information content (AvgIpc) is 2.71. The largest absolute Gasteiger partial charge is 0.484 e. The van der Waals surface area contributed by atoms with Crippen molar-refractivity contribution in [3.63, 3.8) is 0 Å². The van der Waals surface area contributed by atoms with E-state index in [2.05, 4.69) is 33.3 Å². The summed E-state index contributed by atoms with van der Waals surface area (Å²) in [5, 5.41) is 4.27. The molecule has 1 amide bonds. The van der Waals surface area contributed by atoms with Gasteiger partial charge < -0.3 is 15.0 Å². The summed E-state index contributed by atoms with van der Waals surface area (Å²) < 4.78 is 5.49. The molecule has 3 aromatic rings. The first-order chi connectivity index (χ1) is 14.0. The average molecular weight is 410 g/mol. The molecule has 1 atom stereocenters. The lowest BCUT2D eigenvalue weighted by atomic mass is 10.1. The van der Waals surface area contributed by atoms with Gasteiger partial charge in [-0.1, -0.05) is 30.3 Å². The van der Waals surface area contributed by atoms with Gasteiger partial charge >= 0.3 is 0 Å². The first-order valence-corrected chi connectivity index (χ1v) is 9.55. The van der Waals surface area contributed by atoms with Crippen molar-refractivity contribution in [1.29, 1.82) is 0 Å². The fraction of sp³-hybridized carbons (Fsp3) is 0.190. The summed E-state index contributed by atoms with van der Waals surface area (Å²) in [6.45, 7) is 1.84. The topological polar surface area (TPSA) is 95.2 Å². The van der Waals surface area contributed by atoms with Crippen LogP contribution in [0.5, 0.6) is 5.75 Å². The number of fused-ring (bicyclic) bond motifs is 1. The van der Waals surface area contributed by atoms with Crippen LogP contribution in [0.25, 0.3) is 10.9 Å². The molecule has 1 aromatic heterocycles. The smallest absolute Gasteiger partial charge is 0.276 e. The van der Waals surface area contributed by atoms with E-state index in [4.69, 9.17) is 17.0 Å². The van der Waals surface area contributed by atoms with Gasteiger partial charge in [-0.25, -0.2) is 0 Å². The van der Waals surface area contributed by atoms with E-state index in [9.17, 15) is 9.59 Å². The molecule has 1 heterocycles. The van der Waals surface area contributed by atoms with Gasteiger partial charge in [-0.15, -0.1) is 0 Å². The molecule has 4 N–H and O–H groups in total. The van der Waals surface area contributed by atoms with Crippen molar-refractivity contribution in [3.8, 4) is 5.75 Å². The number of hydrazine groups is 1. The molecule has 0 fully saturated rings. The highest BCUT2D eigenvalue weighted by Gasteiger charge is 2.07. The lowest BCUT2D eigenvalue weighted by molar-refractivity contribution is -0.123. The molecular weight excluding hydrogens is 388 g/mol. The predicted molar refractivity (Wildman–Crippen MR) is 117 cm³/mol. The summed E-state index contributed by atoms with van der Waals surface area (Å²) in [5.41, 5.74) is 6.91. The molecular formula is C21H22N4O3S. The molecule has 8 heteroatoms. The summed E-state index contributed by atoms with van der Waals surface area (Å²) in [6, 6.07) is 18.5. The predicted octanol–water partition coefficient (Wildman–Crippen LogP) is 2.03. The Morgan fingerprint density at radius 3 is 2.69 bits per heavy atom. The second-order valence-electron chi connectivity index (χ2n) is 6.60. The van der Waals surface area contributed by atoms with E-state index in [1.54, 1.807) is 24.3 Å². The van der Waals surface area contributed by atoms with Crippen LogP contribution in [0.3, 0.4) is 0 Å². The van der Waals surface area contributed by atoms with Gasteiger partial charge in [-0.2, -0.15) is 0 Å². The van der Waals surface area contributed by atoms with Crippen molar-refractivity contribution < 1.29 is 9.53 Å². The molecule has 29 heavy (non-hydrogen) atoms. The van der Waals surface area contributed by atoms with Crippen LogP contribution >= 0.6 is 12.2 Å². The van der Waals surface area contributed by atoms with Crippen LogP contribution in [-0.2, 0) is 11.2 Å². The Hall–Kier alpha value is -3.39. The highest BCUT2D eigenvalue weighted by Crippen LogP contribution is 2.17. The second-order valence-corrected chi connectivity index (χ2v) is 7.01. The Morgan fingerprint density at radius 1 is 1.10 bits per heavy atom. The Balaban J connectivity index is 1.40. The van der Waals surface area contributed by atoms with Crippen LogP contribution in [0.4, 0.5) is 0 Å². The van der Waals surface area contributed by atoms with Gasteiger partial charge in [-0.05, 0) is 55.4 Å². The number of aromatic nitrogens is 1. The quantitative estimate of drug-likeness (QED) is 0.367. The number of carbonyl (C=O) groups is 1. The molecule has 3 rings (SSSR count). The minimum atomic E-state index is -0.369. The first kappa shape index (κ1) is 20.3. The summed E-state index contributed by atoms with van der Waals surface area (Å²) in [5.74, 6) is 0.156. The van der Waals surface area contributed by atoms with Crippen LogP contribution in [-0.4, -0.2) is 28.7 Å². The zero-order chi connectivity index (χ0) is 20.6. The minimum absolute atomic E-state index is 0.106. The molecule has 0 saturated heterocycles. The lowest BCUT2D eigenvalue weighted by Crippen LogP contribution is -2.50. The van der Waals surface area contributed by atoms with Gasteiger partial charge in [0.2, 0.25) is 5.56 Å². The Bertz CT molecular complexity index is 1050. The molecule has 2 aromatic carbocycles. The highest BCUT2D eigenvalue weighted by molar-refractivity contribution is 7.80. The number of ether oxygens (including phenoxy) is 1. The molecule has 150 valence electrons. The molecule has 0 aliphatic carbocycles. The molecule has 1 unspecified atom stereocenters. The monoisotopic (exact) mass is 410 g/mol. The number of amides is 1. The number of benzene rings is 2. The highest BCUT2D eigenvalue weighted by atomic mass is 32.1. The third-order valence-corrected chi connectivity index (χ3v) is 4.36. The van der Waals surface area contributed by atoms with Crippen molar-refractivity contribution in [2.45, 2.75) is 19.4 Å². The Kier molecular flexibility index (Phi) is 6.80. The van der Waals surface area contributed by atoms with Crippen LogP contribution in [0.1, 0.15) is 12.5 Å². The molecule has 0 aliphatic rings. The van der Waals surface area contributed by atoms with Crippen LogP contribution in [0, 0.1) is 0 Å². The number of nitrogens with one attached hydrogen (secondary N) is 4. The van der Waals surface area contributed by atoms with Crippen LogP contribution in [0.2, 0.25) is 0 Å². The zero-order valence-corrected chi connectivity index (χ0v) is 16.7. The van der Waals surface area contributed by atoms with Crippen molar-refractivity contribution in [2.75, 3.05) is 6.61 Å². The molecule has 0 saturated carbocycles. The molecule has 0 bridgehead atoms. The summed E-state index contributed by atoms with van der Waals surface area (Å²) >= 11 is 5.20. The van der Waals surface area contributed by atoms with E-state index in [1.165, 1.54) is 11.6 Å². The molecule has 0 radical (unpaired) electrons. The number of pyridine rings is 1. The fourth-order valence-electron chi connectivity index (χ4n) is 2.81. The first-order valence-electron chi connectivity index (χ1n) is 9.15. The summed E-state index contributed by atoms with van der Waals surface area (Å²) in [4.78, 5) is 26.0. The number of aromatic amines is 1. The van der Waals surface area contributed by atoms with Crippen LogP contribution in [0.15, 0.2) is 65.5 Å². The normalized spacial score (nSPS) is 11.5. The minimum Gasteiger partial charge on any atom is -0.484 e. The number of hydrogen-bond donors (Lipinski definition) is 4. The maximum atomic E-state index is 12.0. The maximum Gasteiger partial charge on any atom is 0.276 e. The van der Waals surface area contributed by atoms with Gasteiger partial charge in [-0.3, -0.25) is 20.4 Å². The summed E-state index contributed by atoms with van der Waals surface area (Å²) in [6.07, 6.45) is 0.812. The van der Waals surface area contributed by atoms with Crippen molar-refractivity contribution >= 4 is 34.1 Å². The van der Waals surface area contributed by atoms with E-state index in [0.717, 1.165) is 11.8 Å². The number of thiocarbonyl (C=S) groups is 1. The number of hydrogen-bond acceptors (Lipinski definition) is 4. The Morgan fingerprint density at radius 2 is 1.90 bits per heavy atom. The van der Waals surface area contributed by atoms with Gasteiger partial charge in [0, 0.05) is 23.0 Å². The van der Waals surface area contributed by atoms with E-state index in [1.807, 2.05) is 25.1 Å². The number of carbonyl (C=O) groups excluding carboxylic acids is 1. The van der Waals surface area contributed by atoms with Gasteiger partial charge in [0.05, 0.1) is 0 Å². The molecule has 7 nitrogen and oxygen atoms in total. The van der Waals surface area contributed by atoms with E-state index in [-0.39, 0.29) is 24.1 Å². The SMILES string of the molecule is CC(Cc1ccccc1)NC(=S)NNC(=O)COc1ccc2[nH]c(=O)ccc2c1. The number of rotatable bonds is 6. The van der Waals surface area contributed by atoms with E-state index >= 15 is 0 Å². The maximum absolute atomic E-state index is 12.0. The van der Waals surface area contributed by atoms with Crippen LogP contribution < -0.4 is 26.5 Å². The van der Waals surface area contributed by atoms with Crippen molar-refractivity contribution in [1.82, 2.24) is 21.2 Å². The fourth-order valence-corrected chi connectivity index (χ4v) is 3.06. The molecule has 0 aliphatic heterocycles. The number of H-pyrrole nitrogens is 1. The van der Waals surface area contributed by atoms with Gasteiger partial charge in [0.25, 0.3) is 5.91 Å². The lowest BCUT2D eigenvalue weighted by Gasteiger charge is -2.17. The van der Waals surface area contributed by atoms with Gasteiger partial charge in [0.1, 0.15) is 5.75 Å². The van der Waals surface area contributed by atoms with E-state index in [0.29, 0.717) is 16.4 Å². The third kappa shape index (κ3) is 6.32. The summed E-state index contributed by atoms with van der Waals surface area (Å²) in [7, 11) is 0.